The van der Waals surface area contributed by atoms with Crippen LogP contribution in [0.2, 0.25) is 0 Å². The summed E-state index contributed by atoms with van der Waals surface area (Å²) in [6.07, 6.45) is 5.50. The minimum atomic E-state index is 0.542. The Morgan fingerprint density at radius 2 is 2.32 bits per heavy atom. The molecule has 0 radical (unpaired) electrons. The van der Waals surface area contributed by atoms with Gasteiger partial charge in [0.15, 0.2) is 11.5 Å². The van der Waals surface area contributed by atoms with Gasteiger partial charge in [-0.05, 0) is 6.92 Å². The summed E-state index contributed by atoms with van der Waals surface area (Å²) in [7, 11) is 1.83. The lowest BCUT2D eigenvalue weighted by molar-refractivity contribution is 0.391. The molecule has 0 atom stereocenters. The second-order valence-corrected chi connectivity index (χ2v) is 4.17. The van der Waals surface area contributed by atoms with Crippen molar-refractivity contribution in [3.8, 4) is 0 Å². The van der Waals surface area contributed by atoms with E-state index < -0.39 is 0 Å². The quantitative estimate of drug-likeness (QED) is 0.741. The molecule has 7 heteroatoms. The fraction of sp³-hybridized carbons (Fsp3) is 0.250. The molecule has 3 rings (SSSR count). The average molecular weight is 258 g/mol. The van der Waals surface area contributed by atoms with Crippen LogP contribution in [0.4, 0.5) is 11.6 Å². The number of aromatic nitrogens is 4. The molecular weight excluding hydrogens is 244 g/mol. The molecule has 0 saturated heterocycles. The number of hydrogen-bond donors (Lipinski definition) is 2. The Morgan fingerprint density at radius 1 is 1.42 bits per heavy atom. The monoisotopic (exact) mass is 258 g/mol. The summed E-state index contributed by atoms with van der Waals surface area (Å²) in [4.78, 5) is 8.73. The molecule has 0 aliphatic heterocycles. The molecule has 3 aromatic rings. The van der Waals surface area contributed by atoms with Crippen LogP contribution in [0.15, 0.2) is 29.2 Å². The maximum absolute atomic E-state index is 5.03. The normalized spacial score (nSPS) is 10.8. The maximum Gasteiger partial charge on any atom is 0.180 e. The van der Waals surface area contributed by atoms with E-state index in [1.807, 2.05) is 36.8 Å². The van der Waals surface area contributed by atoms with Crippen molar-refractivity contribution in [3.63, 3.8) is 0 Å². The zero-order chi connectivity index (χ0) is 13.2. The third kappa shape index (κ3) is 2.22. The third-order valence-electron chi connectivity index (χ3n) is 2.74. The summed E-state index contributed by atoms with van der Waals surface area (Å²) in [6, 6.07) is 1.89. The number of aryl methyl sites for hydroxylation is 1. The Morgan fingerprint density at radius 3 is 3.05 bits per heavy atom. The fourth-order valence-corrected chi connectivity index (χ4v) is 1.85. The van der Waals surface area contributed by atoms with Gasteiger partial charge >= 0.3 is 0 Å². The lowest BCUT2D eigenvalue weighted by Gasteiger charge is -2.08. The van der Waals surface area contributed by atoms with Crippen LogP contribution in [0.1, 0.15) is 11.5 Å². The molecule has 3 heterocycles. The lowest BCUT2D eigenvalue weighted by Crippen LogP contribution is -2.06. The molecule has 0 spiro atoms. The predicted octanol–water partition coefficient (Wildman–Crippen LogP) is 1.68. The predicted molar refractivity (Wildman–Crippen MR) is 71.1 cm³/mol. The average Bonchev–Trinajstić information content (AvgIpc) is 3.04. The first-order valence-corrected chi connectivity index (χ1v) is 5.94. The molecular formula is C12H14N6O. The number of nitrogens with one attached hydrogen (secondary N) is 2. The van der Waals surface area contributed by atoms with Gasteiger partial charge in [0, 0.05) is 25.5 Å². The molecule has 98 valence electrons. The van der Waals surface area contributed by atoms with Gasteiger partial charge in [-0.1, -0.05) is 5.16 Å². The van der Waals surface area contributed by atoms with Gasteiger partial charge in [-0.15, -0.1) is 0 Å². The fourth-order valence-electron chi connectivity index (χ4n) is 1.85. The highest BCUT2D eigenvalue weighted by molar-refractivity contribution is 5.65. The van der Waals surface area contributed by atoms with E-state index in [9.17, 15) is 0 Å². The Labute approximate surface area is 109 Å². The number of fused-ring (bicyclic) bond motifs is 1. The minimum absolute atomic E-state index is 0.542. The number of rotatable bonds is 4. The number of anilines is 2. The van der Waals surface area contributed by atoms with Crippen LogP contribution in [0, 0.1) is 6.92 Å². The molecule has 0 aliphatic rings. The first-order chi connectivity index (χ1) is 9.26. The number of hydrogen-bond acceptors (Lipinski definition) is 6. The van der Waals surface area contributed by atoms with Crippen molar-refractivity contribution in [3.05, 3.63) is 36.1 Å². The van der Waals surface area contributed by atoms with Crippen molar-refractivity contribution >= 4 is 17.3 Å². The lowest BCUT2D eigenvalue weighted by atomic mass is 10.4. The highest BCUT2D eigenvalue weighted by Crippen LogP contribution is 2.16. The van der Waals surface area contributed by atoms with E-state index in [0.717, 1.165) is 22.9 Å². The molecule has 19 heavy (non-hydrogen) atoms. The Kier molecular flexibility index (Phi) is 2.79. The first-order valence-electron chi connectivity index (χ1n) is 5.94. The summed E-state index contributed by atoms with van der Waals surface area (Å²) in [5.74, 6) is 2.27. The van der Waals surface area contributed by atoms with E-state index in [1.165, 1.54) is 0 Å². The summed E-state index contributed by atoms with van der Waals surface area (Å²) < 4.78 is 6.94. The van der Waals surface area contributed by atoms with Gasteiger partial charge in [0.1, 0.15) is 17.3 Å². The summed E-state index contributed by atoms with van der Waals surface area (Å²) in [6.45, 7) is 2.41. The Balaban J connectivity index is 1.88. The van der Waals surface area contributed by atoms with E-state index in [1.54, 1.807) is 6.20 Å². The van der Waals surface area contributed by atoms with Crippen molar-refractivity contribution in [2.45, 2.75) is 13.5 Å². The van der Waals surface area contributed by atoms with Crippen LogP contribution in [0.5, 0.6) is 0 Å². The van der Waals surface area contributed by atoms with Crippen LogP contribution in [0.25, 0.3) is 5.65 Å². The maximum atomic E-state index is 5.03. The van der Waals surface area contributed by atoms with Crippen LogP contribution in [-0.4, -0.2) is 26.6 Å². The molecule has 0 saturated carbocycles. The van der Waals surface area contributed by atoms with E-state index in [0.29, 0.717) is 12.4 Å². The van der Waals surface area contributed by atoms with E-state index in [-0.39, 0.29) is 0 Å². The van der Waals surface area contributed by atoms with Crippen LogP contribution in [0.3, 0.4) is 0 Å². The van der Waals surface area contributed by atoms with Crippen LogP contribution >= 0.6 is 0 Å². The van der Waals surface area contributed by atoms with Crippen LogP contribution in [-0.2, 0) is 6.54 Å². The molecule has 2 N–H and O–H groups in total. The van der Waals surface area contributed by atoms with Crippen molar-refractivity contribution in [1.29, 1.82) is 0 Å². The molecule has 0 bridgehead atoms. The van der Waals surface area contributed by atoms with Crippen molar-refractivity contribution in [2.75, 3.05) is 17.7 Å². The van der Waals surface area contributed by atoms with Crippen molar-refractivity contribution in [1.82, 2.24) is 19.5 Å². The molecule has 0 aromatic carbocycles. The molecule has 3 aromatic heterocycles. The van der Waals surface area contributed by atoms with E-state index >= 15 is 0 Å². The second-order valence-electron chi connectivity index (χ2n) is 4.17. The summed E-state index contributed by atoms with van der Waals surface area (Å²) in [5.41, 5.74) is 1.61. The summed E-state index contributed by atoms with van der Waals surface area (Å²) in [5, 5.41) is 10.2. The molecule has 0 unspecified atom stereocenters. The molecule has 7 nitrogen and oxygen atoms in total. The Hall–Kier alpha value is -2.57. The van der Waals surface area contributed by atoms with Gasteiger partial charge in [-0.2, -0.15) is 0 Å². The van der Waals surface area contributed by atoms with Gasteiger partial charge in [0.2, 0.25) is 0 Å². The van der Waals surface area contributed by atoms with E-state index in [2.05, 4.69) is 25.8 Å². The topological polar surface area (TPSA) is 80.3 Å². The largest absolute Gasteiger partial charge is 0.372 e. The Bertz CT molecular complexity index is 701. The highest BCUT2D eigenvalue weighted by atomic mass is 16.5. The second kappa shape index (κ2) is 4.60. The van der Waals surface area contributed by atoms with Gasteiger partial charge in [0.05, 0.1) is 12.7 Å². The zero-order valence-electron chi connectivity index (χ0n) is 10.7. The standard InChI is InChI=1S/C12H14N6O/c1-8-5-9(17-19-8)6-15-11-12-14-3-4-18(12)7-10(13-2)16-11/h3-5,7,13H,6H2,1-2H3,(H,15,16). The first kappa shape index (κ1) is 11.5. The SMILES string of the molecule is CNc1cn2ccnc2c(NCc2cc(C)on2)n1. The minimum Gasteiger partial charge on any atom is -0.372 e. The van der Waals surface area contributed by atoms with Crippen molar-refractivity contribution < 1.29 is 4.52 Å². The zero-order valence-corrected chi connectivity index (χ0v) is 10.7. The number of imidazole rings is 1. The molecule has 0 fully saturated rings. The third-order valence-corrected chi connectivity index (χ3v) is 2.74. The number of nitrogens with zero attached hydrogens (tertiary/aromatic N) is 4. The van der Waals surface area contributed by atoms with Crippen LogP contribution < -0.4 is 10.6 Å². The summed E-state index contributed by atoms with van der Waals surface area (Å²) >= 11 is 0. The van der Waals surface area contributed by atoms with E-state index in [4.69, 9.17) is 4.52 Å². The molecule has 0 amide bonds. The molecule has 0 aliphatic carbocycles. The van der Waals surface area contributed by atoms with Gasteiger partial charge in [0.25, 0.3) is 0 Å². The van der Waals surface area contributed by atoms with Gasteiger partial charge in [-0.25, -0.2) is 9.97 Å². The smallest absolute Gasteiger partial charge is 0.180 e. The highest BCUT2D eigenvalue weighted by Gasteiger charge is 2.08. The van der Waals surface area contributed by atoms with Gasteiger partial charge in [-0.3, -0.25) is 0 Å². The van der Waals surface area contributed by atoms with Gasteiger partial charge < -0.3 is 19.6 Å². The van der Waals surface area contributed by atoms with Crippen molar-refractivity contribution in [2.24, 2.45) is 0 Å².